The van der Waals surface area contributed by atoms with Crippen molar-refractivity contribution >= 4 is 50.0 Å². The van der Waals surface area contributed by atoms with E-state index in [0.29, 0.717) is 33.6 Å². The first-order chi connectivity index (χ1) is 17.4. The first kappa shape index (κ1) is 23.5. The quantitative estimate of drug-likeness (QED) is 0.209. The highest BCUT2D eigenvalue weighted by molar-refractivity contribution is 9.10. The standard InChI is InChI=1S/C27H20BrN3O5/c1-16(27(33)34-2)35-20-10-7-17(8-11-20)15-29-31-25(30-22-6-4-3-5-21(22)26(31)32)24-14-18-13-19(28)9-12-23(18)36-24/h3-16H,1-2H3/t16-/m1/s1. The fourth-order valence-corrected chi connectivity index (χ4v) is 4.07. The van der Waals surface area contributed by atoms with Gasteiger partial charge in [-0.15, -0.1) is 0 Å². The molecule has 2 heterocycles. The van der Waals surface area contributed by atoms with E-state index in [4.69, 9.17) is 9.15 Å². The highest BCUT2D eigenvalue weighted by atomic mass is 79.9. The molecule has 9 heteroatoms. The lowest BCUT2D eigenvalue weighted by molar-refractivity contribution is -0.147. The van der Waals surface area contributed by atoms with Gasteiger partial charge in [0, 0.05) is 9.86 Å². The molecule has 0 amide bonds. The number of halogens is 1. The van der Waals surface area contributed by atoms with Gasteiger partial charge in [-0.25, -0.2) is 9.78 Å². The number of rotatable bonds is 6. The summed E-state index contributed by atoms with van der Waals surface area (Å²) in [7, 11) is 1.31. The summed E-state index contributed by atoms with van der Waals surface area (Å²) >= 11 is 3.47. The Morgan fingerprint density at radius 1 is 1.11 bits per heavy atom. The summed E-state index contributed by atoms with van der Waals surface area (Å²) in [6, 6.07) is 21.5. The van der Waals surface area contributed by atoms with Crippen LogP contribution in [0.1, 0.15) is 12.5 Å². The molecule has 0 aliphatic rings. The van der Waals surface area contributed by atoms with E-state index < -0.39 is 12.1 Å². The molecule has 8 nitrogen and oxygen atoms in total. The third kappa shape index (κ3) is 4.65. The highest BCUT2D eigenvalue weighted by Gasteiger charge is 2.17. The minimum absolute atomic E-state index is 0.286. The van der Waals surface area contributed by atoms with Crippen LogP contribution in [0.2, 0.25) is 0 Å². The number of hydrogen-bond acceptors (Lipinski definition) is 7. The molecule has 3 aromatic carbocycles. The van der Waals surface area contributed by atoms with Gasteiger partial charge in [-0.1, -0.05) is 28.1 Å². The zero-order chi connectivity index (χ0) is 25.2. The SMILES string of the molecule is COC(=O)[C@@H](C)Oc1ccc(C=Nn2c(-c3cc4cc(Br)ccc4o3)nc3ccccc3c2=O)cc1. The van der Waals surface area contributed by atoms with E-state index in [0.717, 1.165) is 9.86 Å². The molecule has 0 aliphatic carbocycles. The number of aromatic nitrogens is 2. The van der Waals surface area contributed by atoms with Gasteiger partial charge in [0.05, 0.1) is 24.2 Å². The van der Waals surface area contributed by atoms with E-state index in [1.165, 1.54) is 11.8 Å². The molecule has 180 valence electrons. The summed E-state index contributed by atoms with van der Waals surface area (Å²) in [5.74, 6) is 0.746. The molecule has 0 aliphatic heterocycles. The van der Waals surface area contributed by atoms with Crippen molar-refractivity contribution in [2.75, 3.05) is 7.11 Å². The predicted molar refractivity (Wildman–Crippen MR) is 140 cm³/mol. The molecule has 0 fully saturated rings. The van der Waals surface area contributed by atoms with Gasteiger partial charge >= 0.3 is 5.97 Å². The number of esters is 1. The van der Waals surface area contributed by atoms with Crippen molar-refractivity contribution in [2.24, 2.45) is 5.10 Å². The molecule has 2 aromatic heterocycles. The Hall–Kier alpha value is -4.24. The number of fused-ring (bicyclic) bond motifs is 2. The first-order valence-corrected chi connectivity index (χ1v) is 11.8. The highest BCUT2D eigenvalue weighted by Crippen LogP contribution is 2.29. The second kappa shape index (κ2) is 9.79. The number of ether oxygens (including phenoxy) is 2. The van der Waals surface area contributed by atoms with Crippen molar-refractivity contribution in [1.29, 1.82) is 0 Å². The number of hydrogen-bond donors (Lipinski definition) is 0. The van der Waals surface area contributed by atoms with Crippen molar-refractivity contribution in [1.82, 2.24) is 9.66 Å². The maximum Gasteiger partial charge on any atom is 0.346 e. The molecule has 0 N–H and O–H groups in total. The Balaban J connectivity index is 1.54. The third-order valence-corrected chi connectivity index (χ3v) is 5.99. The number of furan rings is 1. The molecular weight excluding hydrogens is 526 g/mol. The summed E-state index contributed by atoms with van der Waals surface area (Å²) < 4.78 is 18.4. The molecule has 0 saturated heterocycles. The average molecular weight is 546 g/mol. The van der Waals surface area contributed by atoms with Crippen molar-refractivity contribution in [3.05, 3.63) is 93.2 Å². The topological polar surface area (TPSA) is 95.9 Å². The summed E-state index contributed by atoms with van der Waals surface area (Å²) in [5, 5.41) is 5.77. The second-order valence-electron chi connectivity index (χ2n) is 7.96. The maximum atomic E-state index is 13.4. The van der Waals surface area contributed by atoms with E-state index in [1.807, 2.05) is 30.3 Å². The molecule has 5 rings (SSSR count). The van der Waals surface area contributed by atoms with Crippen LogP contribution in [0.25, 0.3) is 33.5 Å². The van der Waals surface area contributed by atoms with Crippen LogP contribution in [0.15, 0.2) is 91.6 Å². The molecule has 5 aromatic rings. The molecule has 1 atom stereocenters. The normalized spacial score (nSPS) is 12.3. The van der Waals surface area contributed by atoms with Crippen LogP contribution in [0.3, 0.4) is 0 Å². The van der Waals surface area contributed by atoms with Crippen LogP contribution < -0.4 is 10.3 Å². The Labute approximate surface area is 213 Å². The van der Waals surface area contributed by atoms with E-state index in [1.54, 1.807) is 55.6 Å². The van der Waals surface area contributed by atoms with Crippen LogP contribution >= 0.6 is 15.9 Å². The largest absolute Gasteiger partial charge is 0.479 e. The van der Waals surface area contributed by atoms with Gasteiger partial charge in [-0.2, -0.15) is 9.78 Å². The van der Waals surface area contributed by atoms with Crippen LogP contribution in [-0.4, -0.2) is 35.1 Å². The first-order valence-electron chi connectivity index (χ1n) is 11.0. The fraction of sp³-hybridized carbons (Fsp3) is 0.111. The zero-order valence-electron chi connectivity index (χ0n) is 19.3. The minimum Gasteiger partial charge on any atom is -0.479 e. The fourth-order valence-electron chi connectivity index (χ4n) is 3.69. The smallest absolute Gasteiger partial charge is 0.346 e. The number of nitrogens with zero attached hydrogens (tertiary/aromatic N) is 3. The Morgan fingerprint density at radius 3 is 2.67 bits per heavy atom. The lowest BCUT2D eigenvalue weighted by atomic mass is 10.2. The second-order valence-corrected chi connectivity index (χ2v) is 8.87. The van der Waals surface area contributed by atoms with Crippen LogP contribution in [0.5, 0.6) is 5.75 Å². The van der Waals surface area contributed by atoms with Gasteiger partial charge in [0.2, 0.25) is 5.82 Å². The molecule has 0 bridgehead atoms. The van der Waals surface area contributed by atoms with Crippen molar-refractivity contribution in [3.63, 3.8) is 0 Å². The summed E-state index contributed by atoms with van der Waals surface area (Å²) in [6.07, 6.45) is 0.817. The Morgan fingerprint density at radius 2 is 1.89 bits per heavy atom. The number of carbonyl (C=O) groups is 1. The van der Waals surface area contributed by atoms with E-state index in [-0.39, 0.29) is 11.4 Å². The molecule has 0 spiro atoms. The zero-order valence-corrected chi connectivity index (χ0v) is 20.9. The van der Waals surface area contributed by atoms with Crippen molar-refractivity contribution in [2.45, 2.75) is 13.0 Å². The van der Waals surface area contributed by atoms with Crippen LogP contribution in [0.4, 0.5) is 0 Å². The number of benzene rings is 3. The molecular formula is C27H20BrN3O5. The van der Waals surface area contributed by atoms with Crippen LogP contribution in [0, 0.1) is 0 Å². The molecule has 0 radical (unpaired) electrons. The van der Waals surface area contributed by atoms with E-state index in [9.17, 15) is 9.59 Å². The number of methoxy groups -OCH3 is 1. The minimum atomic E-state index is -0.733. The van der Waals surface area contributed by atoms with Gasteiger partial charge in [0.25, 0.3) is 5.56 Å². The van der Waals surface area contributed by atoms with E-state index >= 15 is 0 Å². The van der Waals surface area contributed by atoms with Crippen LogP contribution in [-0.2, 0) is 9.53 Å². The summed E-state index contributed by atoms with van der Waals surface area (Å²) in [6.45, 7) is 1.61. The van der Waals surface area contributed by atoms with E-state index in [2.05, 4.69) is 30.8 Å². The number of para-hydroxylation sites is 1. The molecule has 36 heavy (non-hydrogen) atoms. The lowest BCUT2D eigenvalue weighted by Gasteiger charge is -2.12. The third-order valence-electron chi connectivity index (χ3n) is 5.50. The van der Waals surface area contributed by atoms with Crippen molar-refractivity contribution in [3.8, 4) is 17.3 Å². The number of carbonyl (C=O) groups excluding carboxylic acids is 1. The van der Waals surface area contributed by atoms with Gasteiger partial charge < -0.3 is 13.9 Å². The van der Waals surface area contributed by atoms with Crippen molar-refractivity contribution < 1.29 is 18.7 Å². The van der Waals surface area contributed by atoms with Gasteiger partial charge in [-0.05, 0) is 73.2 Å². The van der Waals surface area contributed by atoms with Gasteiger partial charge in [0.15, 0.2) is 11.9 Å². The molecule has 0 saturated carbocycles. The average Bonchev–Trinajstić information content (AvgIpc) is 3.31. The predicted octanol–water partition coefficient (Wildman–Crippen LogP) is 5.39. The molecule has 0 unspecified atom stereocenters. The van der Waals surface area contributed by atoms with Gasteiger partial charge in [-0.3, -0.25) is 4.79 Å². The van der Waals surface area contributed by atoms with Gasteiger partial charge in [0.1, 0.15) is 11.3 Å². The lowest BCUT2D eigenvalue weighted by Crippen LogP contribution is -2.24. The summed E-state index contributed by atoms with van der Waals surface area (Å²) in [4.78, 5) is 29.6. The monoisotopic (exact) mass is 545 g/mol. The Kier molecular flexibility index (Phi) is 6.39. The maximum absolute atomic E-state index is 13.4. The Bertz CT molecular complexity index is 1670. The summed E-state index contributed by atoms with van der Waals surface area (Å²) in [5.41, 5.74) is 1.61.